The minimum absolute atomic E-state index is 0.0239. The largest absolute Gasteiger partial charge is 0.507 e. The normalized spacial score (nSPS) is 20.1. The maximum atomic E-state index is 12.3. The van der Waals surface area contributed by atoms with Crippen molar-refractivity contribution in [2.24, 2.45) is 5.92 Å². The van der Waals surface area contributed by atoms with Crippen LogP contribution in [0.3, 0.4) is 0 Å². The predicted octanol–water partition coefficient (Wildman–Crippen LogP) is 4.85. The minimum Gasteiger partial charge on any atom is -0.507 e. The predicted molar refractivity (Wildman–Crippen MR) is 99.1 cm³/mol. The van der Waals surface area contributed by atoms with Crippen LogP contribution < -0.4 is 0 Å². The van der Waals surface area contributed by atoms with Gasteiger partial charge in [0, 0.05) is 11.5 Å². The lowest BCUT2D eigenvalue weighted by atomic mass is 9.73. The smallest absolute Gasteiger partial charge is 0.341 e. The summed E-state index contributed by atoms with van der Waals surface area (Å²) in [5.41, 5.74) is 3.38. The highest BCUT2D eigenvalue weighted by molar-refractivity contribution is 5.95. The van der Waals surface area contributed by atoms with Crippen molar-refractivity contribution in [2.45, 2.75) is 52.4 Å². The van der Waals surface area contributed by atoms with Crippen molar-refractivity contribution in [1.29, 1.82) is 0 Å². The molecule has 0 bridgehead atoms. The van der Waals surface area contributed by atoms with Gasteiger partial charge < -0.3 is 14.9 Å². The number of benzene rings is 1. The SMILES string of the molecule is C=C(C)[C@H]1CCC(C)=C[C@@H]1c1c(O)cc(CCC)c(C(=O)OC)c1O. The van der Waals surface area contributed by atoms with Gasteiger partial charge in [-0.2, -0.15) is 0 Å². The Morgan fingerprint density at radius 3 is 2.64 bits per heavy atom. The Morgan fingerprint density at radius 2 is 2.08 bits per heavy atom. The molecule has 0 unspecified atom stereocenters. The molecule has 2 N–H and O–H groups in total. The topological polar surface area (TPSA) is 66.8 Å². The van der Waals surface area contributed by atoms with Gasteiger partial charge in [0.2, 0.25) is 0 Å². The number of esters is 1. The number of ether oxygens (including phenoxy) is 1. The van der Waals surface area contributed by atoms with E-state index in [4.69, 9.17) is 4.74 Å². The van der Waals surface area contributed by atoms with Crippen LogP contribution in [0, 0.1) is 5.92 Å². The second-order valence-electron chi connectivity index (χ2n) is 6.96. The second-order valence-corrected chi connectivity index (χ2v) is 6.96. The highest BCUT2D eigenvalue weighted by Crippen LogP contribution is 2.48. The van der Waals surface area contributed by atoms with Gasteiger partial charge in [-0.3, -0.25) is 0 Å². The van der Waals surface area contributed by atoms with E-state index in [0.717, 1.165) is 24.8 Å². The Bertz CT molecular complexity index is 715. The number of carbonyl (C=O) groups is 1. The summed E-state index contributed by atoms with van der Waals surface area (Å²) < 4.78 is 4.87. The zero-order valence-electron chi connectivity index (χ0n) is 15.6. The van der Waals surface area contributed by atoms with Crippen LogP contribution in [-0.2, 0) is 11.2 Å². The molecule has 0 radical (unpaired) electrons. The molecule has 0 amide bonds. The summed E-state index contributed by atoms with van der Waals surface area (Å²) in [4.78, 5) is 12.3. The Kier molecular flexibility index (Phi) is 5.93. The summed E-state index contributed by atoms with van der Waals surface area (Å²) in [5.74, 6) is -0.813. The Hall–Kier alpha value is -2.23. The molecule has 25 heavy (non-hydrogen) atoms. The van der Waals surface area contributed by atoms with Crippen LogP contribution >= 0.6 is 0 Å². The quantitative estimate of drug-likeness (QED) is 0.592. The van der Waals surface area contributed by atoms with Crippen molar-refractivity contribution in [1.82, 2.24) is 0 Å². The lowest BCUT2D eigenvalue weighted by Gasteiger charge is -2.32. The van der Waals surface area contributed by atoms with Crippen LogP contribution in [-0.4, -0.2) is 23.3 Å². The van der Waals surface area contributed by atoms with E-state index in [1.165, 1.54) is 12.7 Å². The van der Waals surface area contributed by atoms with Gasteiger partial charge >= 0.3 is 5.97 Å². The molecule has 2 atom stereocenters. The van der Waals surface area contributed by atoms with E-state index in [9.17, 15) is 15.0 Å². The van der Waals surface area contributed by atoms with Gasteiger partial charge in [0.15, 0.2) is 0 Å². The summed E-state index contributed by atoms with van der Waals surface area (Å²) in [6, 6.07) is 1.60. The highest BCUT2D eigenvalue weighted by Gasteiger charge is 2.33. The van der Waals surface area contributed by atoms with E-state index in [-0.39, 0.29) is 28.9 Å². The minimum atomic E-state index is -0.578. The van der Waals surface area contributed by atoms with Crippen molar-refractivity contribution in [3.63, 3.8) is 0 Å². The number of methoxy groups -OCH3 is 1. The number of rotatable bonds is 5. The first-order valence-corrected chi connectivity index (χ1v) is 8.80. The van der Waals surface area contributed by atoms with Gasteiger partial charge in [-0.25, -0.2) is 4.79 Å². The highest BCUT2D eigenvalue weighted by atomic mass is 16.5. The molecule has 0 heterocycles. The zero-order valence-corrected chi connectivity index (χ0v) is 15.6. The van der Waals surface area contributed by atoms with Crippen molar-refractivity contribution in [3.05, 3.63) is 46.6 Å². The van der Waals surface area contributed by atoms with Crippen LogP contribution in [0.2, 0.25) is 0 Å². The average molecular weight is 344 g/mol. The number of allylic oxidation sites excluding steroid dienone is 3. The standard InChI is InChI=1S/C21H28O4/c1-6-7-14-11-17(22)19(20(23)18(14)21(24)25-5)16-10-13(4)8-9-15(16)12(2)3/h10-11,15-16,22-23H,2,6-9H2,1,3-5H3/t15-,16+/m1/s1. The van der Waals surface area contributed by atoms with Crippen LogP contribution in [0.4, 0.5) is 0 Å². The maximum Gasteiger partial charge on any atom is 0.341 e. The fourth-order valence-electron chi connectivity index (χ4n) is 3.75. The molecule has 0 aliphatic heterocycles. The van der Waals surface area contributed by atoms with E-state index in [1.807, 2.05) is 20.8 Å². The summed E-state index contributed by atoms with van der Waals surface area (Å²) in [6.45, 7) is 10.1. The lowest BCUT2D eigenvalue weighted by Crippen LogP contribution is -2.18. The molecule has 4 nitrogen and oxygen atoms in total. The molecule has 1 aromatic rings. The molecule has 2 rings (SSSR count). The fraction of sp³-hybridized carbons (Fsp3) is 0.476. The molecule has 0 saturated carbocycles. The van der Waals surface area contributed by atoms with Crippen molar-refractivity contribution >= 4 is 5.97 Å². The number of carbonyl (C=O) groups excluding carboxylic acids is 1. The molecule has 0 saturated heterocycles. The summed E-state index contributed by atoms with van der Waals surface area (Å²) in [7, 11) is 1.30. The molecule has 1 aliphatic rings. The Morgan fingerprint density at radius 1 is 1.40 bits per heavy atom. The number of aromatic hydroxyl groups is 2. The molecule has 1 aromatic carbocycles. The molecule has 136 valence electrons. The van der Waals surface area contributed by atoms with Crippen LogP contribution in [0.25, 0.3) is 0 Å². The first-order chi connectivity index (χ1) is 11.8. The van der Waals surface area contributed by atoms with Crippen LogP contribution in [0.5, 0.6) is 11.5 Å². The summed E-state index contributed by atoms with van der Waals surface area (Å²) in [6.07, 6.45) is 5.31. The molecular formula is C21H28O4. The van der Waals surface area contributed by atoms with Crippen molar-refractivity contribution in [2.75, 3.05) is 7.11 Å². The third kappa shape index (κ3) is 3.73. The van der Waals surface area contributed by atoms with Gasteiger partial charge in [-0.05, 0) is 50.7 Å². The number of hydrogen-bond donors (Lipinski definition) is 2. The molecule has 0 aromatic heterocycles. The molecule has 0 fully saturated rings. The molecule has 4 heteroatoms. The Labute approximate surface area is 149 Å². The van der Waals surface area contributed by atoms with Gasteiger partial charge in [0.25, 0.3) is 0 Å². The van der Waals surface area contributed by atoms with Gasteiger partial charge in [-0.15, -0.1) is 0 Å². The monoisotopic (exact) mass is 344 g/mol. The van der Waals surface area contributed by atoms with Crippen molar-refractivity contribution < 1.29 is 19.7 Å². The number of hydrogen-bond acceptors (Lipinski definition) is 4. The van der Waals surface area contributed by atoms with E-state index in [0.29, 0.717) is 17.5 Å². The van der Waals surface area contributed by atoms with E-state index in [2.05, 4.69) is 12.7 Å². The van der Waals surface area contributed by atoms with Gasteiger partial charge in [-0.1, -0.05) is 37.1 Å². The summed E-state index contributed by atoms with van der Waals surface area (Å²) in [5, 5.41) is 21.5. The Balaban J connectivity index is 2.70. The lowest BCUT2D eigenvalue weighted by molar-refractivity contribution is 0.0595. The van der Waals surface area contributed by atoms with E-state index >= 15 is 0 Å². The third-order valence-corrected chi connectivity index (χ3v) is 5.02. The van der Waals surface area contributed by atoms with Crippen LogP contribution in [0.15, 0.2) is 29.9 Å². The van der Waals surface area contributed by atoms with E-state index < -0.39 is 5.97 Å². The van der Waals surface area contributed by atoms with Crippen LogP contribution in [0.1, 0.15) is 67.4 Å². The second kappa shape index (κ2) is 7.77. The molecule has 0 spiro atoms. The van der Waals surface area contributed by atoms with Crippen molar-refractivity contribution in [3.8, 4) is 11.5 Å². The van der Waals surface area contributed by atoms with Gasteiger partial charge in [0.1, 0.15) is 17.1 Å². The fourth-order valence-corrected chi connectivity index (χ4v) is 3.75. The average Bonchev–Trinajstić information content (AvgIpc) is 2.54. The van der Waals surface area contributed by atoms with Gasteiger partial charge in [0.05, 0.1) is 7.11 Å². The summed E-state index contributed by atoms with van der Waals surface area (Å²) >= 11 is 0. The number of phenolic OH excluding ortho intramolecular Hbond substituents is 2. The number of phenols is 2. The molecular weight excluding hydrogens is 316 g/mol. The zero-order chi connectivity index (χ0) is 18.7. The number of aryl methyl sites for hydroxylation is 1. The molecule has 1 aliphatic carbocycles. The first-order valence-electron chi connectivity index (χ1n) is 8.80. The van der Waals surface area contributed by atoms with E-state index in [1.54, 1.807) is 6.07 Å². The first kappa shape index (κ1) is 19.1. The third-order valence-electron chi connectivity index (χ3n) is 5.02. The maximum absolute atomic E-state index is 12.3.